The largest absolute Gasteiger partial charge is 0.454 e. The number of para-hydroxylation sites is 1. The number of amides is 2. The molecule has 0 radical (unpaired) electrons. The highest BCUT2D eigenvalue weighted by molar-refractivity contribution is 8.00. The van der Waals surface area contributed by atoms with Gasteiger partial charge in [-0.25, -0.2) is 0 Å². The van der Waals surface area contributed by atoms with Gasteiger partial charge in [-0.15, -0.1) is 11.8 Å². The lowest BCUT2D eigenvalue weighted by Gasteiger charge is -2.27. The molecule has 4 rings (SSSR count). The number of carbonyl (C=O) groups is 3. The lowest BCUT2D eigenvalue weighted by atomic mass is 10.2. The van der Waals surface area contributed by atoms with E-state index in [-0.39, 0.29) is 25.0 Å². The van der Waals surface area contributed by atoms with Crippen molar-refractivity contribution in [2.24, 2.45) is 0 Å². The Bertz CT molecular complexity index is 948. The Balaban J connectivity index is 1.31. The molecule has 8 nitrogen and oxygen atoms in total. The van der Waals surface area contributed by atoms with Gasteiger partial charge in [0.1, 0.15) is 6.54 Å². The Hall–Kier alpha value is -3.20. The van der Waals surface area contributed by atoms with E-state index in [9.17, 15) is 14.4 Å². The van der Waals surface area contributed by atoms with E-state index in [1.54, 1.807) is 30.3 Å². The number of anilines is 2. The summed E-state index contributed by atoms with van der Waals surface area (Å²) < 4.78 is 15.5. The van der Waals surface area contributed by atoms with Gasteiger partial charge in [-0.2, -0.15) is 0 Å². The molecule has 9 heteroatoms. The number of esters is 1. The second-order valence-electron chi connectivity index (χ2n) is 6.01. The standard InChI is InChI=1S/C19H16N2O6S/c22-17(20-12-5-6-14-15(7-12)27-11-26-14)9-25-19(24)8-21-13-3-1-2-4-16(13)28-10-18(21)23/h1-7H,8-11H2,(H,20,22). The molecule has 0 atom stereocenters. The summed E-state index contributed by atoms with van der Waals surface area (Å²) in [6.07, 6.45) is 0. The molecule has 2 aliphatic rings. The minimum Gasteiger partial charge on any atom is -0.454 e. The molecule has 0 spiro atoms. The van der Waals surface area contributed by atoms with Gasteiger partial charge in [0, 0.05) is 16.6 Å². The lowest BCUT2D eigenvalue weighted by molar-refractivity contribution is -0.146. The lowest BCUT2D eigenvalue weighted by Crippen LogP contribution is -2.40. The molecule has 0 bridgehead atoms. The fourth-order valence-electron chi connectivity index (χ4n) is 2.82. The van der Waals surface area contributed by atoms with E-state index in [4.69, 9.17) is 14.2 Å². The third-order valence-corrected chi connectivity index (χ3v) is 5.16. The van der Waals surface area contributed by atoms with E-state index in [0.717, 1.165) is 4.90 Å². The molecule has 2 aromatic carbocycles. The molecule has 2 aromatic rings. The molecule has 0 unspecified atom stereocenters. The predicted molar refractivity (Wildman–Crippen MR) is 102 cm³/mol. The van der Waals surface area contributed by atoms with Crippen LogP contribution in [0.15, 0.2) is 47.4 Å². The fourth-order valence-corrected chi connectivity index (χ4v) is 3.76. The van der Waals surface area contributed by atoms with Crippen LogP contribution in [0.25, 0.3) is 0 Å². The highest BCUT2D eigenvalue weighted by atomic mass is 32.2. The number of nitrogens with zero attached hydrogens (tertiary/aromatic N) is 1. The molecule has 2 aliphatic heterocycles. The second-order valence-corrected chi connectivity index (χ2v) is 7.03. The molecule has 2 heterocycles. The zero-order valence-corrected chi connectivity index (χ0v) is 15.5. The van der Waals surface area contributed by atoms with Crippen LogP contribution in [0, 0.1) is 0 Å². The predicted octanol–water partition coefficient (Wildman–Crippen LogP) is 2.04. The zero-order chi connectivity index (χ0) is 19.5. The summed E-state index contributed by atoms with van der Waals surface area (Å²) in [5, 5.41) is 2.62. The van der Waals surface area contributed by atoms with Crippen LogP contribution in [0.4, 0.5) is 11.4 Å². The van der Waals surface area contributed by atoms with Crippen molar-refractivity contribution < 1.29 is 28.6 Å². The summed E-state index contributed by atoms with van der Waals surface area (Å²) in [5.74, 6) is 0.0769. The van der Waals surface area contributed by atoms with Crippen molar-refractivity contribution in [2.75, 3.05) is 35.9 Å². The van der Waals surface area contributed by atoms with Crippen LogP contribution in [0.3, 0.4) is 0 Å². The summed E-state index contributed by atoms with van der Waals surface area (Å²) in [7, 11) is 0. The van der Waals surface area contributed by atoms with Crippen molar-refractivity contribution in [2.45, 2.75) is 4.90 Å². The summed E-state index contributed by atoms with van der Waals surface area (Å²) in [6.45, 7) is -0.555. The first-order valence-corrected chi connectivity index (χ1v) is 9.46. The van der Waals surface area contributed by atoms with Gasteiger partial charge in [0.15, 0.2) is 18.1 Å². The summed E-state index contributed by atoms with van der Waals surface area (Å²) >= 11 is 1.43. The van der Waals surface area contributed by atoms with Crippen LogP contribution in [-0.4, -0.2) is 43.5 Å². The van der Waals surface area contributed by atoms with Crippen LogP contribution in [0.1, 0.15) is 0 Å². The van der Waals surface area contributed by atoms with E-state index in [2.05, 4.69) is 5.32 Å². The molecule has 144 valence electrons. The molecular formula is C19H16N2O6S. The number of hydrogen-bond acceptors (Lipinski definition) is 7. The SMILES string of the molecule is O=C(COC(=O)CN1C(=O)CSc2ccccc21)Nc1ccc2c(c1)OCO2. The number of fused-ring (bicyclic) bond motifs is 2. The fraction of sp³-hybridized carbons (Fsp3) is 0.211. The maximum absolute atomic E-state index is 12.2. The van der Waals surface area contributed by atoms with Crippen molar-refractivity contribution in [3.8, 4) is 11.5 Å². The maximum atomic E-state index is 12.2. The minimum atomic E-state index is -0.657. The Morgan fingerprint density at radius 2 is 1.96 bits per heavy atom. The molecule has 2 amide bonds. The molecular weight excluding hydrogens is 384 g/mol. The van der Waals surface area contributed by atoms with Gasteiger partial charge in [-0.1, -0.05) is 12.1 Å². The highest BCUT2D eigenvalue weighted by Gasteiger charge is 2.27. The number of rotatable bonds is 5. The quantitative estimate of drug-likeness (QED) is 0.768. The van der Waals surface area contributed by atoms with Crippen LogP contribution < -0.4 is 19.7 Å². The van der Waals surface area contributed by atoms with Crippen molar-refractivity contribution in [1.82, 2.24) is 0 Å². The first-order valence-electron chi connectivity index (χ1n) is 8.47. The molecule has 0 saturated heterocycles. The first-order chi connectivity index (χ1) is 13.6. The molecule has 28 heavy (non-hydrogen) atoms. The zero-order valence-electron chi connectivity index (χ0n) is 14.7. The first kappa shape index (κ1) is 18.2. The third kappa shape index (κ3) is 3.89. The number of benzene rings is 2. The van der Waals surface area contributed by atoms with Gasteiger partial charge in [0.2, 0.25) is 12.7 Å². The van der Waals surface area contributed by atoms with Gasteiger partial charge in [-0.3, -0.25) is 19.3 Å². The Morgan fingerprint density at radius 1 is 1.14 bits per heavy atom. The summed E-state index contributed by atoms with van der Waals surface area (Å²) in [4.78, 5) is 38.6. The summed E-state index contributed by atoms with van der Waals surface area (Å²) in [5.41, 5.74) is 1.17. The molecule has 0 saturated carbocycles. The number of nitrogens with one attached hydrogen (secondary N) is 1. The van der Waals surface area contributed by atoms with Gasteiger partial charge in [0.25, 0.3) is 5.91 Å². The molecule has 0 fully saturated rings. The molecule has 1 N–H and O–H groups in total. The Morgan fingerprint density at radius 3 is 2.86 bits per heavy atom. The van der Waals surface area contributed by atoms with Gasteiger partial charge < -0.3 is 19.5 Å². The van der Waals surface area contributed by atoms with Crippen molar-refractivity contribution >= 4 is 40.9 Å². The van der Waals surface area contributed by atoms with E-state index in [1.807, 2.05) is 12.1 Å². The van der Waals surface area contributed by atoms with E-state index < -0.39 is 18.5 Å². The van der Waals surface area contributed by atoms with Gasteiger partial charge in [-0.05, 0) is 24.3 Å². The average Bonchev–Trinajstić information content (AvgIpc) is 3.16. The number of thioether (sulfide) groups is 1. The average molecular weight is 400 g/mol. The van der Waals surface area contributed by atoms with Crippen molar-refractivity contribution in [3.05, 3.63) is 42.5 Å². The minimum absolute atomic E-state index is 0.140. The number of carbonyl (C=O) groups excluding carboxylic acids is 3. The topological polar surface area (TPSA) is 94.2 Å². The van der Waals surface area contributed by atoms with Crippen LogP contribution in [0.2, 0.25) is 0 Å². The maximum Gasteiger partial charge on any atom is 0.326 e. The van der Waals surface area contributed by atoms with Gasteiger partial charge in [0.05, 0.1) is 11.4 Å². The van der Waals surface area contributed by atoms with Crippen molar-refractivity contribution in [3.63, 3.8) is 0 Å². The number of ether oxygens (including phenoxy) is 3. The highest BCUT2D eigenvalue weighted by Crippen LogP contribution is 2.35. The summed E-state index contributed by atoms with van der Waals surface area (Å²) in [6, 6.07) is 12.3. The van der Waals surface area contributed by atoms with Crippen LogP contribution >= 0.6 is 11.8 Å². The van der Waals surface area contributed by atoms with E-state index in [0.29, 0.717) is 22.9 Å². The van der Waals surface area contributed by atoms with Gasteiger partial charge >= 0.3 is 5.97 Å². The normalized spacial score (nSPS) is 14.4. The van der Waals surface area contributed by atoms with E-state index >= 15 is 0 Å². The Kier molecular flexibility index (Phi) is 5.07. The second kappa shape index (κ2) is 7.81. The van der Waals surface area contributed by atoms with E-state index in [1.165, 1.54) is 16.7 Å². The number of hydrogen-bond donors (Lipinski definition) is 1. The Labute approximate surface area is 164 Å². The smallest absolute Gasteiger partial charge is 0.326 e. The van der Waals surface area contributed by atoms with Crippen LogP contribution in [0.5, 0.6) is 11.5 Å². The van der Waals surface area contributed by atoms with Crippen molar-refractivity contribution in [1.29, 1.82) is 0 Å². The molecule has 0 aromatic heterocycles. The monoisotopic (exact) mass is 400 g/mol. The van der Waals surface area contributed by atoms with Crippen LogP contribution in [-0.2, 0) is 19.1 Å². The third-order valence-electron chi connectivity index (χ3n) is 4.12. The molecule has 0 aliphatic carbocycles.